The molecule has 2 aromatic rings. The summed E-state index contributed by atoms with van der Waals surface area (Å²) < 4.78 is 4.97. The lowest BCUT2D eigenvalue weighted by molar-refractivity contribution is -0.137. The number of carbonyl (C=O) groups excluding carboxylic acids is 1. The summed E-state index contributed by atoms with van der Waals surface area (Å²) in [5.74, 6) is -0.355. The van der Waals surface area contributed by atoms with Crippen LogP contribution in [0, 0.1) is 0 Å². The normalized spacial score (nSPS) is 11.1. The van der Waals surface area contributed by atoms with Crippen LogP contribution in [-0.2, 0) is 9.53 Å². The number of hydrogen-bond acceptors (Lipinski definition) is 3. The van der Waals surface area contributed by atoms with Crippen molar-refractivity contribution in [1.29, 1.82) is 0 Å². The van der Waals surface area contributed by atoms with E-state index in [1.54, 1.807) is 13.1 Å². The van der Waals surface area contributed by atoms with E-state index in [0.29, 0.717) is 6.61 Å². The molecule has 1 aromatic carbocycles. The Balaban J connectivity index is 2.43. The molecule has 0 aliphatic heterocycles. The van der Waals surface area contributed by atoms with Gasteiger partial charge < -0.3 is 4.74 Å². The van der Waals surface area contributed by atoms with Crippen LogP contribution in [0.4, 0.5) is 0 Å². The van der Waals surface area contributed by atoms with E-state index in [1.165, 1.54) is 6.08 Å². The van der Waals surface area contributed by atoms with Gasteiger partial charge in [-0.25, -0.2) is 4.79 Å². The first-order valence-corrected chi connectivity index (χ1v) is 6.16. The summed E-state index contributed by atoms with van der Waals surface area (Å²) in [6.45, 7) is 2.15. The molecule has 0 saturated heterocycles. The Hall–Kier alpha value is -2.42. The third kappa shape index (κ3) is 3.52. The maximum absolute atomic E-state index is 11.7. The SMILES string of the molecule is CCOC(=O)C=C(c1ccccc1)c1ccccn1. The van der Waals surface area contributed by atoms with Gasteiger partial charge in [0.15, 0.2) is 0 Å². The van der Waals surface area contributed by atoms with Crippen LogP contribution in [-0.4, -0.2) is 17.6 Å². The summed E-state index contributed by atoms with van der Waals surface area (Å²) in [5, 5.41) is 0. The summed E-state index contributed by atoms with van der Waals surface area (Å²) in [6.07, 6.45) is 3.19. The lowest BCUT2D eigenvalue weighted by Gasteiger charge is -2.07. The van der Waals surface area contributed by atoms with Crippen molar-refractivity contribution in [2.45, 2.75) is 6.92 Å². The third-order valence-electron chi connectivity index (χ3n) is 2.57. The van der Waals surface area contributed by atoms with Gasteiger partial charge in [0.1, 0.15) is 0 Å². The minimum Gasteiger partial charge on any atom is -0.463 e. The predicted molar refractivity (Wildman–Crippen MR) is 74.4 cm³/mol. The molecule has 19 heavy (non-hydrogen) atoms. The lowest BCUT2D eigenvalue weighted by atomic mass is 10.0. The molecule has 2 rings (SSSR count). The first-order chi connectivity index (χ1) is 9.31. The minimum atomic E-state index is -0.355. The molecule has 0 N–H and O–H groups in total. The minimum absolute atomic E-state index is 0.355. The number of esters is 1. The molecular formula is C16H15NO2. The Morgan fingerprint density at radius 1 is 1.16 bits per heavy atom. The van der Waals surface area contributed by atoms with Crippen LogP contribution in [0.2, 0.25) is 0 Å². The number of nitrogens with zero attached hydrogens (tertiary/aromatic N) is 1. The second-order valence-electron chi connectivity index (χ2n) is 3.89. The van der Waals surface area contributed by atoms with Crippen molar-refractivity contribution in [1.82, 2.24) is 4.98 Å². The van der Waals surface area contributed by atoms with E-state index < -0.39 is 0 Å². The molecule has 3 nitrogen and oxygen atoms in total. The molecule has 0 atom stereocenters. The summed E-state index contributed by atoms with van der Waals surface area (Å²) in [5.41, 5.74) is 2.45. The maximum atomic E-state index is 11.7. The van der Waals surface area contributed by atoms with Crippen molar-refractivity contribution in [3.63, 3.8) is 0 Å². The van der Waals surface area contributed by atoms with E-state index in [1.807, 2.05) is 48.5 Å². The zero-order valence-corrected chi connectivity index (χ0v) is 10.7. The van der Waals surface area contributed by atoms with Crippen molar-refractivity contribution in [3.05, 3.63) is 72.1 Å². The average molecular weight is 253 g/mol. The number of pyridine rings is 1. The Morgan fingerprint density at radius 2 is 1.89 bits per heavy atom. The third-order valence-corrected chi connectivity index (χ3v) is 2.57. The molecule has 3 heteroatoms. The Morgan fingerprint density at radius 3 is 2.53 bits per heavy atom. The highest BCUT2D eigenvalue weighted by molar-refractivity contribution is 5.95. The number of benzene rings is 1. The van der Waals surface area contributed by atoms with E-state index in [2.05, 4.69) is 4.98 Å². The highest BCUT2D eigenvalue weighted by atomic mass is 16.5. The molecule has 0 unspecified atom stereocenters. The number of hydrogen-bond donors (Lipinski definition) is 0. The van der Waals surface area contributed by atoms with Gasteiger partial charge in [-0.1, -0.05) is 36.4 Å². The second-order valence-corrected chi connectivity index (χ2v) is 3.89. The number of aromatic nitrogens is 1. The molecule has 0 saturated carbocycles. The van der Waals surface area contributed by atoms with Crippen LogP contribution in [0.25, 0.3) is 5.57 Å². The molecular weight excluding hydrogens is 238 g/mol. The van der Waals surface area contributed by atoms with Gasteiger partial charge in [0.25, 0.3) is 0 Å². The summed E-state index contributed by atoms with van der Waals surface area (Å²) in [7, 11) is 0. The van der Waals surface area contributed by atoms with Crippen molar-refractivity contribution < 1.29 is 9.53 Å². The standard InChI is InChI=1S/C16H15NO2/c1-2-19-16(18)12-14(13-8-4-3-5-9-13)15-10-6-7-11-17-15/h3-12H,2H2,1H3. The molecule has 0 spiro atoms. The molecule has 0 radical (unpaired) electrons. The smallest absolute Gasteiger partial charge is 0.331 e. The number of ether oxygens (including phenoxy) is 1. The topological polar surface area (TPSA) is 39.2 Å². The average Bonchev–Trinajstić information content (AvgIpc) is 2.47. The first-order valence-electron chi connectivity index (χ1n) is 6.16. The molecule has 0 fully saturated rings. The molecule has 0 aliphatic carbocycles. The van der Waals surface area contributed by atoms with E-state index in [-0.39, 0.29) is 5.97 Å². The van der Waals surface area contributed by atoms with Crippen molar-refractivity contribution >= 4 is 11.5 Å². The highest BCUT2D eigenvalue weighted by Crippen LogP contribution is 2.21. The van der Waals surface area contributed by atoms with Crippen LogP contribution < -0.4 is 0 Å². The fourth-order valence-electron chi connectivity index (χ4n) is 1.75. The van der Waals surface area contributed by atoms with Crippen LogP contribution in [0.15, 0.2) is 60.8 Å². The van der Waals surface area contributed by atoms with Crippen LogP contribution in [0.3, 0.4) is 0 Å². The zero-order chi connectivity index (χ0) is 13.5. The van der Waals surface area contributed by atoms with Gasteiger partial charge in [-0.3, -0.25) is 4.98 Å². The Bertz CT molecular complexity index is 520. The molecule has 1 aromatic heterocycles. The molecule has 1 heterocycles. The van der Waals surface area contributed by atoms with Gasteiger partial charge in [0.05, 0.1) is 12.3 Å². The Labute approximate surface area is 112 Å². The van der Waals surface area contributed by atoms with Crippen molar-refractivity contribution in [2.24, 2.45) is 0 Å². The van der Waals surface area contributed by atoms with Gasteiger partial charge in [-0.2, -0.15) is 0 Å². The second kappa shape index (κ2) is 6.50. The molecule has 0 bridgehead atoms. The highest BCUT2D eigenvalue weighted by Gasteiger charge is 2.08. The van der Waals surface area contributed by atoms with E-state index in [0.717, 1.165) is 16.8 Å². The monoisotopic (exact) mass is 253 g/mol. The zero-order valence-electron chi connectivity index (χ0n) is 10.7. The summed E-state index contributed by atoms with van der Waals surface area (Å²) >= 11 is 0. The van der Waals surface area contributed by atoms with Gasteiger partial charge in [-0.15, -0.1) is 0 Å². The number of carbonyl (C=O) groups is 1. The summed E-state index contributed by atoms with van der Waals surface area (Å²) in [4.78, 5) is 16.0. The fourth-order valence-corrected chi connectivity index (χ4v) is 1.75. The molecule has 0 amide bonds. The molecule has 0 aliphatic rings. The quantitative estimate of drug-likeness (QED) is 0.621. The van der Waals surface area contributed by atoms with Gasteiger partial charge in [0, 0.05) is 17.8 Å². The van der Waals surface area contributed by atoms with E-state index in [4.69, 9.17) is 4.74 Å². The maximum Gasteiger partial charge on any atom is 0.331 e. The number of rotatable bonds is 4. The predicted octanol–water partition coefficient (Wildman–Crippen LogP) is 3.08. The van der Waals surface area contributed by atoms with Crippen LogP contribution in [0.1, 0.15) is 18.2 Å². The largest absolute Gasteiger partial charge is 0.463 e. The summed E-state index contributed by atoms with van der Waals surface area (Å²) in [6, 6.07) is 15.3. The van der Waals surface area contributed by atoms with Gasteiger partial charge >= 0.3 is 5.97 Å². The van der Waals surface area contributed by atoms with Gasteiger partial charge in [0.2, 0.25) is 0 Å². The van der Waals surface area contributed by atoms with Crippen LogP contribution in [0.5, 0.6) is 0 Å². The fraction of sp³-hybridized carbons (Fsp3) is 0.125. The lowest BCUT2D eigenvalue weighted by Crippen LogP contribution is -2.02. The van der Waals surface area contributed by atoms with E-state index >= 15 is 0 Å². The van der Waals surface area contributed by atoms with Crippen molar-refractivity contribution in [3.8, 4) is 0 Å². The molecule has 96 valence electrons. The van der Waals surface area contributed by atoms with Crippen molar-refractivity contribution in [2.75, 3.05) is 6.61 Å². The van der Waals surface area contributed by atoms with Gasteiger partial charge in [-0.05, 0) is 24.6 Å². The van der Waals surface area contributed by atoms with Crippen LogP contribution >= 0.6 is 0 Å². The Kier molecular flexibility index (Phi) is 4.45. The first kappa shape index (κ1) is 13.0. The van der Waals surface area contributed by atoms with E-state index in [9.17, 15) is 4.79 Å².